The summed E-state index contributed by atoms with van der Waals surface area (Å²) >= 11 is 0. The predicted molar refractivity (Wildman–Crippen MR) is 92.5 cm³/mol. The van der Waals surface area contributed by atoms with Crippen molar-refractivity contribution in [2.24, 2.45) is 0 Å². The molecule has 0 aromatic rings. The van der Waals surface area contributed by atoms with Crippen LogP contribution < -0.4 is 51.4 Å². The van der Waals surface area contributed by atoms with Crippen molar-refractivity contribution in [2.45, 2.75) is 0 Å². The summed E-state index contributed by atoms with van der Waals surface area (Å²) in [5, 5.41) is 0. The van der Waals surface area contributed by atoms with E-state index in [2.05, 4.69) is 0 Å². The molecule has 0 N–H and O–H groups in total. The van der Waals surface area contributed by atoms with Gasteiger partial charge in [-0.3, -0.25) is 0 Å². The van der Waals surface area contributed by atoms with Crippen LogP contribution in [0.1, 0.15) is 0 Å². The first-order valence-electron chi connectivity index (χ1n) is 0. The summed E-state index contributed by atoms with van der Waals surface area (Å²) in [4.78, 5) is 0. The van der Waals surface area contributed by atoms with Gasteiger partial charge in [0, 0.05) is 0 Å². The minimum absolute atomic E-state index is 0. The summed E-state index contributed by atoms with van der Waals surface area (Å²) in [6.45, 7) is 0. The molecular weight excluding hydrogens is 801 g/mol. The van der Waals surface area contributed by atoms with E-state index in [1.165, 1.54) is 0 Å². The fraction of sp³-hybridized carbons (Fsp3) is 0. The molecule has 7 heavy (non-hydrogen) atoms. The van der Waals surface area contributed by atoms with Crippen LogP contribution in [0.2, 0.25) is 0 Å². The maximum Gasteiger partial charge on any atom is 1.00 e. The van der Waals surface area contributed by atoms with Crippen molar-refractivity contribution < 1.29 is 51.4 Å². The molecule has 0 rings (SSSR count). The maximum atomic E-state index is 0. The van der Waals surface area contributed by atoms with E-state index in [1.54, 1.807) is 0 Å². The van der Waals surface area contributed by atoms with Crippen molar-refractivity contribution in [2.75, 3.05) is 0 Å². The average Bonchev–Trinajstić information content (AvgIpc) is 0. The van der Waals surface area contributed by atoms with Crippen LogP contribution in [0.3, 0.4) is 0 Å². The molecule has 0 bridgehead atoms. The summed E-state index contributed by atoms with van der Waals surface area (Å²) in [5.41, 5.74) is 0. The minimum atomic E-state index is 0. The zero-order valence-corrected chi connectivity index (χ0v) is 20.6. The molecule has 7 heteroatoms. The van der Waals surface area contributed by atoms with Gasteiger partial charge in [0.1, 0.15) is 0 Å². The molecule has 0 amide bonds. The Morgan fingerprint density at radius 1 is 0.286 bits per heavy atom. The Hall–Kier alpha value is 6.02. The van der Waals surface area contributed by atoms with E-state index in [0.29, 0.717) is 0 Å². The van der Waals surface area contributed by atoms with Crippen LogP contribution >= 0.6 is 144 Å². The summed E-state index contributed by atoms with van der Waals surface area (Å²) in [6.07, 6.45) is 0. The number of hydrogen-bond acceptors (Lipinski definition) is 0. The van der Waals surface area contributed by atoms with Gasteiger partial charge in [-0.25, -0.2) is 0 Å². The average molecular weight is 807 g/mol. The number of rotatable bonds is 0. The predicted octanol–water partition coefficient (Wildman–Crippen LogP) is 0.712. The Labute approximate surface area is 189 Å². The van der Waals surface area contributed by atoms with Crippen LogP contribution in [0.4, 0.5) is 0 Å². The molecule has 0 fully saturated rings. The van der Waals surface area contributed by atoms with Crippen LogP contribution in [0.5, 0.6) is 0 Å². The van der Waals surface area contributed by atoms with E-state index < -0.39 is 0 Å². The third-order valence-electron chi connectivity index (χ3n) is 0. The third-order valence-corrected chi connectivity index (χ3v) is 0. The first kappa shape index (κ1) is 51.9. The summed E-state index contributed by atoms with van der Waals surface area (Å²) in [7, 11) is 0. The second kappa shape index (κ2) is 40.3. The van der Waals surface area contributed by atoms with E-state index in [-0.39, 0.29) is 195 Å². The van der Waals surface area contributed by atoms with Crippen molar-refractivity contribution in [1.29, 1.82) is 0 Å². The van der Waals surface area contributed by atoms with Crippen LogP contribution in [0.15, 0.2) is 0 Å². The Bertz CT molecular complexity index is 4.14. The molecule has 0 radical (unpaired) electrons. The van der Waals surface area contributed by atoms with Gasteiger partial charge in [-0.2, -0.15) is 0 Å². The molecule has 0 saturated carbocycles. The molecule has 0 aromatic carbocycles. The van der Waals surface area contributed by atoms with Gasteiger partial charge in [-0.05, 0) is 0 Å². The molecule has 0 spiro atoms. The molecule has 0 aromatic heterocycles. The Morgan fingerprint density at radius 2 is 0.286 bits per heavy atom. The Morgan fingerprint density at radius 3 is 0.286 bits per heavy atom. The van der Waals surface area contributed by atoms with Gasteiger partial charge in [0.15, 0.2) is 0 Å². The maximum absolute atomic E-state index is 0. The van der Waals surface area contributed by atoms with Crippen LogP contribution in [-0.4, -0.2) is 0 Å². The van der Waals surface area contributed by atoms with Crippen LogP contribution in [-0.2, 0) is 0 Å². The van der Waals surface area contributed by atoms with Crippen molar-refractivity contribution in [3.63, 3.8) is 0 Å². The molecule has 0 aliphatic carbocycles. The zero-order valence-electron chi connectivity index (χ0n) is 3.45. The van der Waals surface area contributed by atoms with Gasteiger partial charge in [-0.15, -0.1) is 144 Å². The van der Waals surface area contributed by atoms with Gasteiger partial charge in [-0.1, -0.05) is 0 Å². The van der Waals surface area contributed by atoms with Gasteiger partial charge >= 0.3 is 51.4 Å². The van der Waals surface area contributed by atoms with Crippen molar-refractivity contribution >= 4 is 144 Å². The molecule has 48 valence electrons. The van der Waals surface area contributed by atoms with Gasteiger partial charge < -0.3 is 0 Å². The second-order valence-corrected chi connectivity index (χ2v) is 0. The smallest absolute Gasteiger partial charge is 0.107 e. The van der Waals surface area contributed by atoms with Crippen molar-refractivity contribution in [3.8, 4) is 0 Å². The van der Waals surface area contributed by atoms with E-state index in [0.717, 1.165) is 0 Å². The van der Waals surface area contributed by atoms with Crippen LogP contribution in [0, 0.1) is 0 Å². The first-order valence-corrected chi connectivity index (χ1v) is 0. The SMILES string of the molecule is I.I.I.I.I.I.[K+]. The topological polar surface area (TPSA) is 0 Å². The van der Waals surface area contributed by atoms with Gasteiger partial charge in [0.25, 0.3) is 0 Å². The van der Waals surface area contributed by atoms with Crippen LogP contribution in [0.25, 0.3) is 0 Å². The molecular formula is H6I6K+. The molecule has 0 nitrogen and oxygen atoms in total. The van der Waals surface area contributed by atoms with Gasteiger partial charge in [0.05, 0.1) is 0 Å². The standard InChI is InChI=1S/6HI.K/h6*1H;/q;;;;;;+1. The van der Waals surface area contributed by atoms with E-state index in [1.807, 2.05) is 0 Å². The van der Waals surface area contributed by atoms with Crippen molar-refractivity contribution in [1.82, 2.24) is 0 Å². The van der Waals surface area contributed by atoms with E-state index in [9.17, 15) is 0 Å². The number of halogens is 6. The quantitative estimate of drug-likeness (QED) is 0.251. The molecule has 0 aliphatic heterocycles. The molecule has 0 atom stereocenters. The monoisotopic (exact) mass is 806 g/mol. The van der Waals surface area contributed by atoms with Crippen molar-refractivity contribution in [3.05, 3.63) is 0 Å². The van der Waals surface area contributed by atoms with E-state index in [4.69, 9.17) is 0 Å². The molecule has 0 unspecified atom stereocenters. The number of hydrogen-bond donors (Lipinski definition) is 0. The zero-order chi connectivity index (χ0) is 0. The normalized spacial score (nSPS) is 0. The molecule has 0 aliphatic rings. The minimum Gasteiger partial charge on any atom is -0.107 e. The Kier molecular flexibility index (Phi) is 299. The third kappa shape index (κ3) is 33.3. The van der Waals surface area contributed by atoms with Gasteiger partial charge in [0.2, 0.25) is 0 Å². The molecule has 0 heterocycles. The largest absolute Gasteiger partial charge is 1.00 e. The molecule has 0 saturated heterocycles. The second-order valence-electron chi connectivity index (χ2n) is 0. The summed E-state index contributed by atoms with van der Waals surface area (Å²) in [5.74, 6) is 0. The fourth-order valence-electron chi connectivity index (χ4n) is 0. The Balaban J connectivity index is 0. The first-order chi connectivity index (χ1) is 0. The summed E-state index contributed by atoms with van der Waals surface area (Å²) < 4.78 is 0. The fourth-order valence-corrected chi connectivity index (χ4v) is 0. The van der Waals surface area contributed by atoms with E-state index >= 15 is 0 Å². The summed E-state index contributed by atoms with van der Waals surface area (Å²) in [6, 6.07) is 0.